The first kappa shape index (κ1) is 21.0. The van der Waals surface area contributed by atoms with E-state index in [0.717, 1.165) is 34.5 Å². The van der Waals surface area contributed by atoms with Gasteiger partial charge in [0, 0.05) is 17.8 Å². The van der Waals surface area contributed by atoms with Crippen molar-refractivity contribution in [3.8, 4) is 34.5 Å². The van der Waals surface area contributed by atoms with E-state index < -0.39 is 0 Å². The zero-order valence-electron chi connectivity index (χ0n) is 20.2. The highest BCUT2D eigenvalue weighted by atomic mass is 16.5. The molecule has 0 N–H and O–H groups in total. The predicted octanol–water partition coefficient (Wildman–Crippen LogP) is 5.09. The highest BCUT2D eigenvalue weighted by molar-refractivity contribution is 5.71. The molecule has 0 unspecified atom stereocenters. The van der Waals surface area contributed by atoms with Crippen LogP contribution in [0.2, 0.25) is 0 Å². The fourth-order valence-electron chi connectivity index (χ4n) is 6.67. The minimum atomic E-state index is 0.212. The molecule has 6 nitrogen and oxygen atoms in total. The Kier molecular flexibility index (Phi) is 4.63. The molecule has 0 saturated carbocycles. The number of hydrogen-bond donors (Lipinski definition) is 0. The van der Waals surface area contributed by atoms with Gasteiger partial charge in [0.05, 0.1) is 42.7 Å². The van der Waals surface area contributed by atoms with Crippen LogP contribution in [0.4, 0.5) is 0 Å². The van der Waals surface area contributed by atoms with E-state index in [-0.39, 0.29) is 17.8 Å². The van der Waals surface area contributed by atoms with E-state index in [1.165, 1.54) is 33.4 Å². The van der Waals surface area contributed by atoms with Gasteiger partial charge in [0.2, 0.25) is 0 Å². The van der Waals surface area contributed by atoms with E-state index in [0.29, 0.717) is 5.92 Å². The number of benzene rings is 3. The summed E-state index contributed by atoms with van der Waals surface area (Å²) in [6, 6.07) is 12.9. The highest BCUT2D eigenvalue weighted by Crippen LogP contribution is 2.71. The molecule has 0 spiro atoms. The molecule has 0 saturated heterocycles. The van der Waals surface area contributed by atoms with Crippen molar-refractivity contribution in [2.24, 2.45) is 5.92 Å². The highest BCUT2D eigenvalue weighted by Gasteiger charge is 2.58. The molecule has 6 heteroatoms. The SMILES string of the molecule is COc1cc2c(cc1OC)C1c3cc(OC)c(OC)cc3C3c4cc(OC)c(OC)cc4C2C13. The van der Waals surface area contributed by atoms with Crippen LogP contribution in [0.5, 0.6) is 34.5 Å². The first-order valence-electron chi connectivity index (χ1n) is 11.4. The van der Waals surface area contributed by atoms with Gasteiger partial charge in [0.25, 0.3) is 0 Å². The molecule has 0 aromatic heterocycles. The lowest BCUT2D eigenvalue weighted by atomic mass is 9.86. The second-order valence-electron chi connectivity index (χ2n) is 9.02. The Hall–Kier alpha value is -3.54. The minimum Gasteiger partial charge on any atom is -0.493 e. The van der Waals surface area contributed by atoms with Crippen molar-refractivity contribution in [1.29, 1.82) is 0 Å². The van der Waals surface area contributed by atoms with E-state index in [9.17, 15) is 0 Å². The number of rotatable bonds is 6. The van der Waals surface area contributed by atoms with Crippen LogP contribution in [0, 0.1) is 5.92 Å². The summed E-state index contributed by atoms with van der Waals surface area (Å²) >= 11 is 0. The van der Waals surface area contributed by atoms with Gasteiger partial charge in [-0.1, -0.05) is 0 Å². The lowest BCUT2D eigenvalue weighted by molar-refractivity contribution is 0.354. The molecule has 0 heterocycles. The first-order chi connectivity index (χ1) is 16.6. The largest absolute Gasteiger partial charge is 0.493 e. The molecule has 176 valence electrons. The molecule has 3 aromatic rings. The van der Waals surface area contributed by atoms with E-state index in [2.05, 4.69) is 36.4 Å². The van der Waals surface area contributed by atoms with Crippen LogP contribution in [0.15, 0.2) is 36.4 Å². The molecule has 0 aliphatic heterocycles. The summed E-state index contributed by atoms with van der Waals surface area (Å²) in [5, 5.41) is 0. The maximum atomic E-state index is 5.69. The zero-order chi connectivity index (χ0) is 23.7. The van der Waals surface area contributed by atoms with Gasteiger partial charge in [-0.2, -0.15) is 0 Å². The van der Waals surface area contributed by atoms with E-state index in [1.807, 2.05) is 0 Å². The third-order valence-corrected chi connectivity index (χ3v) is 7.93. The van der Waals surface area contributed by atoms with Crippen LogP contribution < -0.4 is 28.4 Å². The van der Waals surface area contributed by atoms with Crippen LogP contribution >= 0.6 is 0 Å². The number of methoxy groups -OCH3 is 6. The van der Waals surface area contributed by atoms with Gasteiger partial charge in [-0.15, -0.1) is 0 Å². The normalized spacial score (nSPS) is 22.4. The summed E-state index contributed by atoms with van der Waals surface area (Å²) in [6.07, 6.45) is 0. The van der Waals surface area contributed by atoms with Crippen molar-refractivity contribution < 1.29 is 28.4 Å². The Morgan fingerprint density at radius 2 is 0.529 bits per heavy atom. The maximum absolute atomic E-state index is 5.69. The van der Waals surface area contributed by atoms with Crippen LogP contribution in [-0.2, 0) is 0 Å². The van der Waals surface area contributed by atoms with Gasteiger partial charge in [0.15, 0.2) is 34.5 Å². The van der Waals surface area contributed by atoms with Crippen molar-refractivity contribution in [3.05, 3.63) is 69.8 Å². The van der Waals surface area contributed by atoms with Crippen LogP contribution in [-0.4, -0.2) is 42.7 Å². The summed E-state index contributed by atoms with van der Waals surface area (Å²) in [7, 11) is 10.1. The molecule has 3 aliphatic carbocycles. The average Bonchev–Trinajstić information content (AvgIpc) is 3.49. The number of fused-ring (bicyclic) bond motifs is 9. The van der Waals surface area contributed by atoms with Crippen LogP contribution in [0.3, 0.4) is 0 Å². The molecule has 34 heavy (non-hydrogen) atoms. The molecule has 0 amide bonds. The number of hydrogen-bond acceptors (Lipinski definition) is 6. The van der Waals surface area contributed by atoms with Crippen molar-refractivity contribution >= 4 is 0 Å². The Balaban J connectivity index is 1.68. The molecule has 3 aromatic carbocycles. The molecular weight excluding hydrogens is 432 g/mol. The predicted molar refractivity (Wildman–Crippen MR) is 128 cm³/mol. The zero-order valence-corrected chi connectivity index (χ0v) is 20.2. The fourth-order valence-corrected chi connectivity index (χ4v) is 6.67. The van der Waals surface area contributed by atoms with Gasteiger partial charge in [-0.3, -0.25) is 0 Å². The monoisotopic (exact) mass is 460 g/mol. The van der Waals surface area contributed by atoms with Crippen molar-refractivity contribution in [2.45, 2.75) is 17.8 Å². The first-order valence-corrected chi connectivity index (χ1v) is 11.4. The summed E-state index contributed by atoms with van der Waals surface area (Å²) in [4.78, 5) is 0. The summed E-state index contributed by atoms with van der Waals surface area (Å²) in [6.45, 7) is 0. The second-order valence-corrected chi connectivity index (χ2v) is 9.02. The molecule has 0 atom stereocenters. The molecule has 0 radical (unpaired) electrons. The molecule has 6 rings (SSSR count). The minimum absolute atomic E-state index is 0.212. The lowest BCUT2D eigenvalue weighted by Gasteiger charge is -2.16. The fraction of sp³-hybridized carbons (Fsp3) is 0.357. The lowest BCUT2D eigenvalue weighted by Crippen LogP contribution is -2.07. The van der Waals surface area contributed by atoms with Crippen molar-refractivity contribution in [1.82, 2.24) is 0 Å². The third-order valence-electron chi connectivity index (χ3n) is 7.93. The van der Waals surface area contributed by atoms with Crippen LogP contribution in [0.25, 0.3) is 0 Å². The molecule has 0 bridgehead atoms. The second kappa shape index (κ2) is 7.49. The number of ether oxygens (including phenoxy) is 6. The standard InChI is InChI=1S/C28H28O6/c1-29-19-7-13-14(8-20(19)30-2)26-17-11-23(33-5)24(34-6)12-18(17)27-16-10-22(32-4)21(31-3)9-15(16)25(13)28(26)27/h7-12,25-28H,1-6H3. The summed E-state index contributed by atoms with van der Waals surface area (Å²) in [5.41, 5.74) is 7.69. The van der Waals surface area contributed by atoms with Gasteiger partial charge < -0.3 is 28.4 Å². The summed E-state index contributed by atoms with van der Waals surface area (Å²) in [5.74, 6) is 5.47. The maximum Gasteiger partial charge on any atom is 0.161 e. The Bertz CT molecular complexity index is 1060. The van der Waals surface area contributed by atoms with E-state index >= 15 is 0 Å². The topological polar surface area (TPSA) is 55.4 Å². The van der Waals surface area contributed by atoms with E-state index in [1.54, 1.807) is 42.7 Å². The quantitative estimate of drug-likeness (QED) is 0.511. The van der Waals surface area contributed by atoms with E-state index in [4.69, 9.17) is 28.4 Å². The Morgan fingerprint density at radius 1 is 0.353 bits per heavy atom. The van der Waals surface area contributed by atoms with Gasteiger partial charge in [0.1, 0.15) is 0 Å². The molecule has 3 aliphatic rings. The Morgan fingerprint density at radius 3 is 0.676 bits per heavy atom. The van der Waals surface area contributed by atoms with Crippen molar-refractivity contribution in [3.63, 3.8) is 0 Å². The van der Waals surface area contributed by atoms with Gasteiger partial charge >= 0.3 is 0 Å². The third kappa shape index (κ3) is 2.51. The molecular formula is C28H28O6. The Labute approximate surface area is 199 Å². The average molecular weight is 461 g/mol. The summed E-state index contributed by atoms with van der Waals surface area (Å²) < 4.78 is 34.1. The van der Waals surface area contributed by atoms with Crippen molar-refractivity contribution in [2.75, 3.05) is 42.7 Å². The smallest absolute Gasteiger partial charge is 0.161 e. The van der Waals surface area contributed by atoms with Gasteiger partial charge in [-0.05, 0) is 75.7 Å². The van der Waals surface area contributed by atoms with Crippen LogP contribution in [0.1, 0.15) is 51.1 Å². The van der Waals surface area contributed by atoms with Gasteiger partial charge in [-0.25, -0.2) is 0 Å². The molecule has 0 fully saturated rings.